The molecule has 1 amide bonds. The summed E-state index contributed by atoms with van der Waals surface area (Å²) in [5.74, 6) is -0.152. The Hall–Kier alpha value is -2.51. The van der Waals surface area contributed by atoms with E-state index in [1.165, 1.54) is 10.9 Å². The summed E-state index contributed by atoms with van der Waals surface area (Å²) in [5.41, 5.74) is 1.41. The molecule has 0 atom stereocenters. The minimum absolute atomic E-state index is 0.140. The summed E-state index contributed by atoms with van der Waals surface area (Å²) in [6, 6.07) is 0. The van der Waals surface area contributed by atoms with E-state index < -0.39 is 5.91 Å². The highest BCUT2D eigenvalue weighted by atomic mass is 16.6. The fraction of sp³-hybridized carbons (Fsp3) is 0.364. The number of amides is 1. The topological polar surface area (TPSA) is 103 Å². The molecule has 8 nitrogen and oxygen atoms in total. The molecule has 2 heterocycles. The lowest BCUT2D eigenvalue weighted by atomic mass is 10.3. The Labute approximate surface area is 108 Å². The minimum atomic E-state index is -0.397. The first-order valence-corrected chi connectivity index (χ1v) is 5.60. The molecule has 0 aromatic carbocycles. The van der Waals surface area contributed by atoms with Crippen LogP contribution in [0.25, 0.3) is 0 Å². The lowest BCUT2D eigenvalue weighted by Crippen LogP contribution is -2.29. The van der Waals surface area contributed by atoms with Gasteiger partial charge in [0.15, 0.2) is 5.82 Å². The van der Waals surface area contributed by atoms with Gasteiger partial charge >= 0.3 is 0 Å². The van der Waals surface area contributed by atoms with Crippen LogP contribution >= 0.6 is 0 Å². The molecule has 8 heteroatoms. The van der Waals surface area contributed by atoms with E-state index in [9.17, 15) is 9.59 Å². The molecule has 0 spiro atoms. The molecule has 1 N–H and O–H groups in total. The maximum absolute atomic E-state index is 11.9. The van der Waals surface area contributed by atoms with Crippen molar-refractivity contribution in [3.63, 3.8) is 0 Å². The van der Waals surface area contributed by atoms with E-state index in [1.54, 1.807) is 20.8 Å². The van der Waals surface area contributed by atoms with Crippen LogP contribution in [0.3, 0.4) is 0 Å². The van der Waals surface area contributed by atoms with Crippen LogP contribution in [-0.4, -0.2) is 25.8 Å². The second-order valence-corrected chi connectivity index (χ2v) is 4.13. The fourth-order valence-electron chi connectivity index (χ4n) is 1.46. The van der Waals surface area contributed by atoms with Crippen molar-refractivity contribution >= 4 is 11.7 Å². The number of rotatable bonds is 3. The Morgan fingerprint density at radius 1 is 1.32 bits per heavy atom. The molecule has 0 saturated heterocycles. The monoisotopic (exact) mass is 263 g/mol. The zero-order chi connectivity index (χ0) is 14.0. The van der Waals surface area contributed by atoms with Crippen LogP contribution in [0.1, 0.15) is 17.0 Å². The maximum Gasteiger partial charge on any atom is 0.256 e. The summed E-state index contributed by atoms with van der Waals surface area (Å²) in [7, 11) is 0. The quantitative estimate of drug-likeness (QED) is 0.847. The van der Waals surface area contributed by atoms with E-state index in [0.29, 0.717) is 17.0 Å². The summed E-state index contributed by atoms with van der Waals surface area (Å²) >= 11 is 0. The maximum atomic E-state index is 11.9. The summed E-state index contributed by atoms with van der Waals surface area (Å²) in [6.07, 6.45) is 1.35. The zero-order valence-corrected chi connectivity index (χ0v) is 10.8. The standard InChI is InChI=1S/C11H13N5O3/c1-6-7(2)12-5-16(11(6)18)4-9(17)13-10-8(3)14-19-15-10/h5H,4H2,1-3H3,(H,13,15,17). The number of anilines is 1. The van der Waals surface area contributed by atoms with Crippen molar-refractivity contribution in [2.45, 2.75) is 27.3 Å². The molecule has 0 fully saturated rings. The van der Waals surface area contributed by atoms with E-state index in [4.69, 9.17) is 0 Å². The van der Waals surface area contributed by atoms with E-state index in [0.717, 1.165) is 0 Å². The van der Waals surface area contributed by atoms with Crippen LogP contribution in [0.5, 0.6) is 0 Å². The Morgan fingerprint density at radius 3 is 2.68 bits per heavy atom. The van der Waals surface area contributed by atoms with Gasteiger partial charge in [-0.25, -0.2) is 9.61 Å². The average molecular weight is 263 g/mol. The van der Waals surface area contributed by atoms with Gasteiger partial charge in [0.05, 0.1) is 6.33 Å². The first kappa shape index (κ1) is 12.9. The Balaban J connectivity index is 2.14. The Morgan fingerprint density at radius 2 is 2.05 bits per heavy atom. The van der Waals surface area contributed by atoms with Crippen LogP contribution in [0.15, 0.2) is 15.8 Å². The molecule has 0 radical (unpaired) electrons. The highest BCUT2D eigenvalue weighted by Gasteiger charge is 2.12. The number of aromatic nitrogens is 4. The summed E-state index contributed by atoms with van der Waals surface area (Å²) in [4.78, 5) is 27.7. The molecule has 19 heavy (non-hydrogen) atoms. The Bertz CT molecular complexity index is 673. The smallest absolute Gasteiger partial charge is 0.256 e. The number of hydrogen-bond acceptors (Lipinski definition) is 6. The third-order valence-electron chi connectivity index (χ3n) is 2.74. The summed E-state index contributed by atoms with van der Waals surface area (Å²) in [5, 5.41) is 9.57. The van der Waals surface area contributed by atoms with Crippen LogP contribution in [0.4, 0.5) is 5.82 Å². The second-order valence-electron chi connectivity index (χ2n) is 4.13. The lowest BCUT2D eigenvalue weighted by Gasteiger charge is -2.07. The van der Waals surface area contributed by atoms with Crippen LogP contribution in [-0.2, 0) is 11.3 Å². The number of hydrogen-bond donors (Lipinski definition) is 1. The molecule has 2 aromatic heterocycles. The van der Waals surface area contributed by atoms with Gasteiger partial charge in [-0.3, -0.25) is 14.2 Å². The van der Waals surface area contributed by atoms with Crippen molar-refractivity contribution in [3.05, 3.63) is 33.6 Å². The summed E-state index contributed by atoms with van der Waals surface area (Å²) < 4.78 is 5.70. The van der Waals surface area contributed by atoms with Gasteiger partial charge in [0, 0.05) is 11.3 Å². The van der Waals surface area contributed by atoms with Gasteiger partial charge in [-0.15, -0.1) is 0 Å². The van der Waals surface area contributed by atoms with Gasteiger partial charge in [0.2, 0.25) is 5.91 Å². The van der Waals surface area contributed by atoms with Crippen molar-refractivity contribution in [1.29, 1.82) is 0 Å². The van der Waals surface area contributed by atoms with E-state index in [2.05, 4.69) is 25.2 Å². The van der Waals surface area contributed by atoms with Crippen molar-refractivity contribution < 1.29 is 9.42 Å². The van der Waals surface area contributed by atoms with Crippen LogP contribution < -0.4 is 10.9 Å². The SMILES string of the molecule is Cc1nonc1NC(=O)Cn1cnc(C)c(C)c1=O. The molecule has 0 bridgehead atoms. The molecule has 0 aliphatic heterocycles. The van der Waals surface area contributed by atoms with Crippen molar-refractivity contribution in [2.24, 2.45) is 0 Å². The van der Waals surface area contributed by atoms with Crippen LogP contribution in [0.2, 0.25) is 0 Å². The molecule has 0 aliphatic carbocycles. The molecule has 2 aromatic rings. The number of aryl methyl sites for hydroxylation is 2. The first-order chi connectivity index (χ1) is 8.99. The zero-order valence-electron chi connectivity index (χ0n) is 10.8. The van der Waals surface area contributed by atoms with Gasteiger partial charge in [-0.05, 0) is 25.9 Å². The molecule has 100 valence electrons. The Kier molecular flexibility index (Phi) is 3.41. The normalized spacial score (nSPS) is 10.5. The first-order valence-electron chi connectivity index (χ1n) is 5.60. The van der Waals surface area contributed by atoms with Gasteiger partial charge in [-0.2, -0.15) is 0 Å². The second kappa shape index (κ2) is 5.01. The van der Waals surface area contributed by atoms with Crippen molar-refractivity contribution in [3.8, 4) is 0 Å². The number of nitrogens with zero attached hydrogens (tertiary/aromatic N) is 4. The van der Waals surface area contributed by atoms with Crippen molar-refractivity contribution in [1.82, 2.24) is 19.9 Å². The van der Waals surface area contributed by atoms with Gasteiger partial charge < -0.3 is 5.32 Å². The van der Waals surface area contributed by atoms with E-state index >= 15 is 0 Å². The van der Waals surface area contributed by atoms with Crippen LogP contribution in [0, 0.1) is 20.8 Å². The molecular weight excluding hydrogens is 250 g/mol. The largest absolute Gasteiger partial charge is 0.305 e. The lowest BCUT2D eigenvalue weighted by molar-refractivity contribution is -0.116. The predicted octanol–water partition coefficient (Wildman–Crippen LogP) is 0.190. The van der Waals surface area contributed by atoms with Crippen molar-refractivity contribution in [2.75, 3.05) is 5.32 Å². The third-order valence-corrected chi connectivity index (χ3v) is 2.74. The number of nitrogens with one attached hydrogen (secondary N) is 1. The summed E-state index contributed by atoms with van der Waals surface area (Å²) in [6.45, 7) is 4.92. The highest BCUT2D eigenvalue weighted by molar-refractivity contribution is 5.89. The number of carbonyl (C=O) groups is 1. The molecule has 0 aliphatic rings. The molecule has 2 rings (SSSR count). The van der Waals surface area contributed by atoms with Gasteiger partial charge in [0.25, 0.3) is 5.56 Å². The van der Waals surface area contributed by atoms with Gasteiger partial charge in [0.1, 0.15) is 12.2 Å². The molecule has 0 saturated carbocycles. The average Bonchev–Trinajstić information content (AvgIpc) is 2.76. The third kappa shape index (κ3) is 2.67. The number of carbonyl (C=O) groups excluding carboxylic acids is 1. The predicted molar refractivity (Wildman–Crippen MR) is 65.6 cm³/mol. The fourth-order valence-corrected chi connectivity index (χ4v) is 1.46. The molecule has 0 unspecified atom stereocenters. The van der Waals surface area contributed by atoms with E-state index in [1.807, 2.05) is 0 Å². The van der Waals surface area contributed by atoms with Gasteiger partial charge in [-0.1, -0.05) is 5.16 Å². The van der Waals surface area contributed by atoms with E-state index in [-0.39, 0.29) is 17.9 Å². The molecular formula is C11H13N5O3. The minimum Gasteiger partial charge on any atom is -0.305 e. The highest BCUT2D eigenvalue weighted by Crippen LogP contribution is 2.06.